The zero-order valence-corrected chi connectivity index (χ0v) is 23.2. The van der Waals surface area contributed by atoms with Crippen molar-refractivity contribution in [2.45, 2.75) is 116 Å². The van der Waals surface area contributed by atoms with Gasteiger partial charge in [-0.3, -0.25) is 0 Å². The molecule has 2 heterocycles. The average molecular weight is 441 g/mol. The monoisotopic (exact) mass is 438 g/mol. The largest absolute Gasteiger partial charge is 2.00 e. The minimum Gasteiger partial charge on any atom is -1.00 e. The van der Waals surface area contributed by atoms with Crippen LogP contribution in [0.3, 0.4) is 0 Å². The van der Waals surface area contributed by atoms with Gasteiger partial charge < -0.3 is 35.4 Å². The van der Waals surface area contributed by atoms with Crippen molar-refractivity contribution in [3.8, 4) is 0 Å². The second kappa shape index (κ2) is 12.4. The second-order valence-electron chi connectivity index (χ2n) is 9.18. The fraction of sp³-hybridized carbons (Fsp3) is 1.00. The van der Waals surface area contributed by atoms with Crippen LogP contribution in [0.2, 0.25) is 0 Å². The fourth-order valence-corrected chi connectivity index (χ4v) is 3.77. The Labute approximate surface area is 192 Å². The Balaban J connectivity index is -0.000000143. The third-order valence-corrected chi connectivity index (χ3v) is 4.36. The van der Waals surface area contributed by atoms with Crippen LogP contribution in [0.1, 0.15) is 93.9 Å². The van der Waals surface area contributed by atoms with Gasteiger partial charge in [-0.1, -0.05) is 93.9 Å². The van der Waals surface area contributed by atoms with Gasteiger partial charge in [-0.05, 0) is 0 Å². The summed E-state index contributed by atoms with van der Waals surface area (Å²) in [5.74, 6) is 0. The summed E-state index contributed by atoms with van der Waals surface area (Å²) in [4.78, 5) is 0. The Morgan fingerprint density at radius 1 is 0.500 bits per heavy atom. The Morgan fingerprint density at radius 3 is 0.750 bits per heavy atom. The molecule has 0 N–H and O–H groups in total. The van der Waals surface area contributed by atoms with Crippen LogP contribution in [-0.2, 0) is 19.5 Å². The van der Waals surface area contributed by atoms with Crippen molar-refractivity contribution < 1.29 is 44.3 Å². The van der Waals surface area contributed by atoms with E-state index in [4.69, 9.17) is 10.6 Å². The Kier molecular flexibility index (Phi) is 17.2. The van der Waals surface area contributed by atoms with Crippen LogP contribution < -0.4 is 24.8 Å². The van der Waals surface area contributed by atoms with Gasteiger partial charge in [0.05, 0.1) is 0 Å². The SMILES string of the molecule is CC1(C)CCCC(C)(C)[N-]1.CC1(C)CCCC(C)(C)[N-]1.[Cl-].[Cl-].[Mg+2].[Zn+2]. The molecule has 0 bridgehead atoms. The molecule has 0 amide bonds. The van der Waals surface area contributed by atoms with Crippen LogP contribution in [0.4, 0.5) is 0 Å². The molecule has 6 heteroatoms. The van der Waals surface area contributed by atoms with Gasteiger partial charge in [-0.2, -0.15) is 0 Å². The van der Waals surface area contributed by atoms with E-state index in [-0.39, 0.29) is 89.5 Å². The molecule has 2 saturated heterocycles. The zero-order chi connectivity index (χ0) is 15.7. The quantitative estimate of drug-likeness (QED) is 0.468. The molecule has 0 spiro atoms. The molecule has 2 aliphatic heterocycles. The van der Waals surface area contributed by atoms with Crippen LogP contribution in [0.5, 0.6) is 0 Å². The number of piperidine rings is 2. The van der Waals surface area contributed by atoms with Crippen molar-refractivity contribution in [3.63, 3.8) is 0 Å². The predicted molar refractivity (Wildman–Crippen MR) is 96.5 cm³/mol. The number of nitrogens with zero attached hydrogens (tertiary/aromatic N) is 2. The second-order valence-corrected chi connectivity index (χ2v) is 9.18. The van der Waals surface area contributed by atoms with E-state index in [2.05, 4.69) is 55.4 Å². The minimum absolute atomic E-state index is 0. The molecule has 2 aliphatic rings. The molecule has 136 valence electrons. The molecule has 0 unspecified atom stereocenters. The smallest absolute Gasteiger partial charge is 1.00 e. The molecule has 2 nitrogen and oxygen atoms in total. The first-order valence-electron chi connectivity index (χ1n) is 8.31. The first kappa shape index (κ1) is 33.5. The maximum atomic E-state index is 4.75. The van der Waals surface area contributed by atoms with Crippen molar-refractivity contribution in [1.29, 1.82) is 0 Å². The van der Waals surface area contributed by atoms with Crippen LogP contribution >= 0.6 is 0 Å². The molecule has 2 rings (SSSR count). The summed E-state index contributed by atoms with van der Waals surface area (Å²) in [5, 5.41) is 9.49. The van der Waals surface area contributed by atoms with E-state index < -0.39 is 0 Å². The molecule has 0 saturated carbocycles. The standard InChI is InChI=1S/2C9H18N.2ClH.Mg.Zn/c2*1-8(2)6-5-7-9(3,4)10-8;;;;/h2*5-7H2,1-4H3;2*1H;;/q2*-1;;;2*+2/p-2. The van der Waals surface area contributed by atoms with E-state index in [0.29, 0.717) is 0 Å². The summed E-state index contributed by atoms with van der Waals surface area (Å²) in [5.41, 5.74) is 0.951. The number of hydrogen-bond acceptors (Lipinski definition) is 0. The number of rotatable bonds is 0. The average Bonchev–Trinajstić information content (AvgIpc) is 2.09. The van der Waals surface area contributed by atoms with Gasteiger partial charge in [-0.15, -0.1) is 22.2 Å². The van der Waals surface area contributed by atoms with E-state index in [1.165, 1.54) is 38.5 Å². The maximum Gasteiger partial charge on any atom is 2.00 e. The normalized spacial score (nSPS) is 25.0. The van der Waals surface area contributed by atoms with Crippen molar-refractivity contribution in [3.05, 3.63) is 10.6 Å². The van der Waals surface area contributed by atoms with E-state index in [0.717, 1.165) is 0 Å². The summed E-state index contributed by atoms with van der Waals surface area (Å²) in [6.07, 6.45) is 7.72. The van der Waals surface area contributed by atoms with Crippen LogP contribution in [-0.4, -0.2) is 45.2 Å². The molecule has 0 aliphatic carbocycles. The summed E-state index contributed by atoms with van der Waals surface area (Å²) in [6.45, 7) is 17.8. The van der Waals surface area contributed by atoms with Crippen molar-refractivity contribution in [2.24, 2.45) is 0 Å². The van der Waals surface area contributed by atoms with Gasteiger partial charge >= 0.3 is 42.5 Å². The molecule has 0 atom stereocenters. The third kappa shape index (κ3) is 14.0. The van der Waals surface area contributed by atoms with Crippen molar-refractivity contribution in [1.82, 2.24) is 0 Å². The van der Waals surface area contributed by atoms with Crippen LogP contribution in [0.15, 0.2) is 0 Å². The summed E-state index contributed by atoms with van der Waals surface area (Å²) in [7, 11) is 0. The molecular formula is C18H36Cl2MgN2Zn. The van der Waals surface area contributed by atoms with E-state index in [1.54, 1.807) is 0 Å². The van der Waals surface area contributed by atoms with Crippen LogP contribution in [0, 0.1) is 0 Å². The molecule has 2 fully saturated rings. The van der Waals surface area contributed by atoms with Crippen LogP contribution in [0.25, 0.3) is 10.6 Å². The summed E-state index contributed by atoms with van der Waals surface area (Å²) < 4.78 is 0. The van der Waals surface area contributed by atoms with E-state index >= 15 is 0 Å². The molecule has 0 aromatic carbocycles. The van der Waals surface area contributed by atoms with E-state index in [1.807, 2.05) is 0 Å². The molecule has 0 aromatic rings. The Morgan fingerprint density at radius 2 is 0.667 bits per heavy atom. The summed E-state index contributed by atoms with van der Waals surface area (Å²) in [6, 6.07) is 0. The van der Waals surface area contributed by atoms with Gasteiger partial charge in [0.15, 0.2) is 0 Å². The maximum absolute atomic E-state index is 4.75. The Bertz CT molecular complexity index is 275. The van der Waals surface area contributed by atoms with Gasteiger partial charge in [0.25, 0.3) is 0 Å². The van der Waals surface area contributed by atoms with Gasteiger partial charge in [0.1, 0.15) is 0 Å². The first-order chi connectivity index (χ1) is 8.83. The number of hydrogen-bond donors (Lipinski definition) is 0. The van der Waals surface area contributed by atoms with Gasteiger partial charge in [0.2, 0.25) is 0 Å². The fourth-order valence-electron chi connectivity index (χ4n) is 3.77. The predicted octanol–water partition coefficient (Wildman–Crippen LogP) is -0.173. The first-order valence-corrected chi connectivity index (χ1v) is 8.31. The third-order valence-electron chi connectivity index (χ3n) is 4.36. The zero-order valence-electron chi connectivity index (χ0n) is 17.3. The van der Waals surface area contributed by atoms with Gasteiger partial charge in [-0.25, -0.2) is 0 Å². The van der Waals surface area contributed by atoms with E-state index in [9.17, 15) is 0 Å². The summed E-state index contributed by atoms with van der Waals surface area (Å²) >= 11 is 0. The topological polar surface area (TPSA) is 28.2 Å². The van der Waals surface area contributed by atoms with Crippen molar-refractivity contribution >= 4 is 23.1 Å². The molecular weight excluding hydrogens is 405 g/mol. The Hall–Kier alpha value is 1.89. The number of halogens is 2. The molecule has 24 heavy (non-hydrogen) atoms. The molecule has 0 aromatic heterocycles. The molecule has 0 radical (unpaired) electrons. The minimum atomic E-state index is 0. The van der Waals surface area contributed by atoms with Crippen molar-refractivity contribution in [2.75, 3.05) is 0 Å². The van der Waals surface area contributed by atoms with Gasteiger partial charge in [0, 0.05) is 0 Å².